The largest absolute Gasteiger partial charge is 0.462 e. The van der Waals surface area contributed by atoms with E-state index in [0.717, 1.165) is 21.4 Å². The lowest BCUT2D eigenvalue weighted by Gasteiger charge is -2.05. The molecule has 1 heterocycles. The molecule has 26 heavy (non-hydrogen) atoms. The van der Waals surface area contributed by atoms with Crippen LogP contribution < -0.4 is 11.1 Å². The van der Waals surface area contributed by atoms with Crippen LogP contribution in [-0.4, -0.2) is 24.4 Å². The number of amides is 2. The number of hydrogen-bond acceptors (Lipinski definition) is 5. The number of halogens is 1. The number of benzene rings is 1. The normalized spacial score (nSPS) is 10.7. The Morgan fingerprint density at radius 3 is 2.50 bits per heavy atom. The second-order valence-corrected chi connectivity index (χ2v) is 7.16. The number of anilines is 1. The van der Waals surface area contributed by atoms with Gasteiger partial charge >= 0.3 is 5.97 Å². The number of carbonyl (C=O) groups excluding carboxylic acids is 3. The standard InChI is InChI=1S/C18H17BrN2O4S/c1-3-25-18(24)14-10(2)15(16(20)23)26-17(14)21-13(22)9-6-11-4-7-12(19)8-5-11/h4-9H,3H2,1-2H3,(H2,20,23)(H,21,22). The molecule has 0 spiro atoms. The Balaban J connectivity index is 2.25. The first kappa shape index (κ1) is 19.9. The second-order valence-electron chi connectivity index (χ2n) is 5.22. The maximum atomic E-state index is 12.2. The fourth-order valence-corrected chi connectivity index (χ4v) is 3.50. The fourth-order valence-electron chi connectivity index (χ4n) is 2.18. The smallest absolute Gasteiger partial charge is 0.341 e. The van der Waals surface area contributed by atoms with Gasteiger partial charge in [0.25, 0.3) is 5.91 Å². The summed E-state index contributed by atoms with van der Waals surface area (Å²) in [5.74, 6) is -1.71. The molecule has 0 radical (unpaired) electrons. The van der Waals surface area contributed by atoms with Gasteiger partial charge in [-0.1, -0.05) is 28.1 Å². The summed E-state index contributed by atoms with van der Waals surface area (Å²) in [4.78, 5) is 36.1. The van der Waals surface area contributed by atoms with Gasteiger partial charge < -0.3 is 15.8 Å². The zero-order chi connectivity index (χ0) is 19.3. The van der Waals surface area contributed by atoms with Crippen LogP contribution in [0, 0.1) is 6.92 Å². The molecule has 3 N–H and O–H groups in total. The number of esters is 1. The van der Waals surface area contributed by atoms with Crippen molar-refractivity contribution in [3.05, 3.63) is 56.4 Å². The Bertz CT molecular complexity index is 872. The van der Waals surface area contributed by atoms with Crippen LogP contribution in [0.3, 0.4) is 0 Å². The fraction of sp³-hybridized carbons (Fsp3) is 0.167. The third kappa shape index (κ3) is 4.80. The van der Waals surface area contributed by atoms with Crippen molar-refractivity contribution >= 4 is 56.1 Å². The van der Waals surface area contributed by atoms with Gasteiger partial charge in [-0.3, -0.25) is 9.59 Å². The van der Waals surface area contributed by atoms with Crippen LogP contribution in [0.5, 0.6) is 0 Å². The van der Waals surface area contributed by atoms with Crippen molar-refractivity contribution in [2.75, 3.05) is 11.9 Å². The molecule has 2 rings (SSSR count). The van der Waals surface area contributed by atoms with Crippen molar-refractivity contribution in [1.29, 1.82) is 0 Å². The summed E-state index contributed by atoms with van der Waals surface area (Å²) >= 11 is 4.29. The number of thiophene rings is 1. The molecule has 136 valence electrons. The van der Waals surface area contributed by atoms with Crippen LogP contribution in [0.2, 0.25) is 0 Å². The summed E-state index contributed by atoms with van der Waals surface area (Å²) in [5.41, 5.74) is 6.72. The summed E-state index contributed by atoms with van der Waals surface area (Å²) in [5, 5.41) is 2.86. The number of primary amides is 1. The van der Waals surface area contributed by atoms with Crippen molar-refractivity contribution in [3.8, 4) is 0 Å². The molecular weight excluding hydrogens is 420 g/mol. The lowest BCUT2D eigenvalue weighted by Crippen LogP contribution is -2.13. The minimum Gasteiger partial charge on any atom is -0.462 e. The van der Waals surface area contributed by atoms with E-state index in [9.17, 15) is 14.4 Å². The highest BCUT2D eigenvalue weighted by molar-refractivity contribution is 9.10. The molecule has 0 saturated carbocycles. The molecule has 0 atom stereocenters. The molecule has 0 saturated heterocycles. The van der Waals surface area contributed by atoms with Crippen LogP contribution in [0.1, 0.15) is 38.1 Å². The second kappa shape index (κ2) is 8.77. The van der Waals surface area contributed by atoms with E-state index in [1.54, 1.807) is 19.9 Å². The minimum absolute atomic E-state index is 0.149. The topological polar surface area (TPSA) is 98.5 Å². The van der Waals surface area contributed by atoms with E-state index in [4.69, 9.17) is 10.5 Å². The van der Waals surface area contributed by atoms with E-state index in [1.807, 2.05) is 24.3 Å². The number of ether oxygens (including phenoxy) is 1. The van der Waals surface area contributed by atoms with Crippen LogP contribution in [0.4, 0.5) is 5.00 Å². The molecular formula is C18H17BrN2O4S. The molecule has 2 amide bonds. The Morgan fingerprint density at radius 1 is 1.27 bits per heavy atom. The molecule has 0 aliphatic carbocycles. The SMILES string of the molecule is CCOC(=O)c1c(NC(=O)C=Cc2ccc(Br)cc2)sc(C(N)=O)c1C. The Morgan fingerprint density at radius 2 is 1.92 bits per heavy atom. The molecule has 2 aromatic rings. The molecule has 1 aromatic heterocycles. The molecule has 0 unspecified atom stereocenters. The van der Waals surface area contributed by atoms with Gasteiger partial charge in [0, 0.05) is 10.5 Å². The lowest BCUT2D eigenvalue weighted by molar-refractivity contribution is -0.111. The van der Waals surface area contributed by atoms with E-state index in [1.165, 1.54) is 6.08 Å². The van der Waals surface area contributed by atoms with Gasteiger partial charge in [0.05, 0.1) is 17.0 Å². The van der Waals surface area contributed by atoms with E-state index in [0.29, 0.717) is 5.56 Å². The summed E-state index contributed by atoms with van der Waals surface area (Å²) in [6.07, 6.45) is 2.98. The number of hydrogen-bond donors (Lipinski definition) is 2. The summed E-state index contributed by atoms with van der Waals surface area (Å²) in [7, 11) is 0. The molecule has 1 aromatic carbocycles. The van der Waals surface area contributed by atoms with E-state index in [-0.39, 0.29) is 22.0 Å². The zero-order valence-electron chi connectivity index (χ0n) is 14.2. The molecule has 6 nitrogen and oxygen atoms in total. The number of rotatable bonds is 6. The van der Waals surface area contributed by atoms with Crippen molar-refractivity contribution in [3.63, 3.8) is 0 Å². The van der Waals surface area contributed by atoms with E-state index >= 15 is 0 Å². The Hall–Kier alpha value is -2.45. The molecule has 0 fully saturated rings. The van der Waals surface area contributed by atoms with Crippen LogP contribution in [0.15, 0.2) is 34.8 Å². The average molecular weight is 437 g/mol. The van der Waals surface area contributed by atoms with E-state index in [2.05, 4.69) is 21.2 Å². The quantitative estimate of drug-likeness (QED) is 0.531. The Labute approximate surface area is 163 Å². The third-order valence-electron chi connectivity index (χ3n) is 3.38. The monoisotopic (exact) mass is 436 g/mol. The highest BCUT2D eigenvalue weighted by atomic mass is 79.9. The van der Waals surface area contributed by atoms with Gasteiger partial charge in [0.1, 0.15) is 5.00 Å². The van der Waals surface area contributed by atoms with Crippen molar-refractivity contribution in [2.45, 2.75) is 13.8 Å². The van der Waals surface area contributed by atoms with Crippen molar-refractivity contribution in [2.24, 2.45) is 5.73 Å². The molecule has 0 aliphatic rings. The highest BCUT2D eigenvalue weighted by Crippen LogP contribution is 2.33. The maximum Gasteiger partial charge on any atom is 0.341 e. The molecule has 0 aliphatic heterocycles. The maximum absolute atomic E-state index is 12.2. The minimum atomic E-state index is -0.663. The lowest BCUT2D eigenvalue weighted by atomic mass is 10.1. The number of nitrogens with two attached hydrogens (primary N) is 1. The van der Waals surface area contributed by atoms with Crippen LogP contribution >= 0.6 is 27.3 Å². The van der Waals surface area contributed by atoms with Gasteiger partial charge in [-0.2, -0.15) is 0 Å². The highest BCUT2D eigenvalue weighted by Gasteiger charge is 2.25. The van der Waals surface area contributed by atoms with Gasteiger partial charge in [0.15, 0.2) is 0 Å². The first-order valence-corrected chi connectivity index (χ1v) is 9.29. The van der Waals surface area contributed by atoms with Gasteiger partial charge in [0.2, 0.25) is 5.91 Å². The number of nitrogens with one attached hydrogen (secondary N) is 1. The third-order valence-corrected chi connectivity index (χ3v) is 5.13. The van der Waals surface area contributed by atoms with E-state index < -0.39 is 17.8 Å². The first-order chi connectivity index (χ1) is 12.3. The molecule has 0 bridgehead atoms. The van der Waals surface area contributed by atoms with Crippen LogP contribution in [-0.2, 0) is 9.53 Å². The zero-order valence-corrected chi connectivity index (χ0v) is 16.6. The Kier molecular flexibility index (Phi) is 6.70. The predicted molar refractivity (Wildman–Crippen MR) is 105 cm³/mol. The van der Waals surface area contributed by atoms with Crippen molar-refractivity contribution in [1.82, 2.24) is 0 Å². The van der Waals surface area contributed by atoms with Crippen molar-refractivity contribution < 1.29 is 19.1 Å². The molecule has 8 heteroatoms. The summed E-state index contributed by atoms with van der Waals surface area (Å²) < 4.78 is 5.94. The summed E-state index contributed by atoms with van der Waals surface area (Å²) in [6.45, 7) is 3.45. The van der Waals surface area contributed by atoms with Gasteiger partial charge in [-0.25, -0.2) is 4.79 Å². The first-order valence-electron chi connectivity index (χ1n) is 7.68. The van der Waals surface area contributed by atoms with Gasteiger partial charge in [-0.05, 0) is 43.2 Å². The summed E-state index contributed by atoms with van der Waals surface area (Å²) in [6, 6.07) is 7.41. The average Bonchev–Trinajstić information content (AvgIpc) is 2.91. The van der Waals surface area contributed by atoms with Crippen LogP contribution in [0.25, 0.3) is 6.08 Å². The van der Waals surface area contributed by atoms with Gasteiger partial charge in [-0.15, -0.1) is 11.3 Å². The predicted octanol–water partition coefficient (Wildman–Crippen LogP) is 3.75. The number of carbonyl (C=O) groups is 3.